The van der Waals surface area contributed by atoms with Crippen molar-refractivity contribution >= 4 is 17.5 Å². The van der Waals surface area contributed by atoms with E-state index in [2.05, 4.69) is 20.8 Å². The van der Waals surface area contributed by atoms with Crippen LogP contribution in [0.25, 0.3) is 11.6 Å². The molecule has 2 amide bonds. The molecule has 0 aliphatic carbocycles. The number of anilines is 1. The van der Waals surface area contributed by atoms with E-state index >= 15 is 0 Å². The smallest absolute Gasteiger partial charge is 0.251 e. The van der Waals surface area contributed by atoms with Gasteiger partial charge in [-0.05, 0) is 35.9 Å². The highest BCUT2D eigenvalue weighted by molar-refractivity contribution is 5.99. The summed E-state index contributed by atoms with van der Waals surface area (Å²) in [6, 6.07) is 19.5. The molecule has 2 aromatic carbocycles. The fraction of sp³-hybridized carbons (Fsp3) is 0.0909. The molecule has 0 spiro atoms. The Balaban J connectivity index is 1.38. The van der Waals surface area contributed by atoms with Crippen LogP contribution in [0.3, 0.4) is 0 Å². The van der Waals surface area contributed by atoms with Gasteiger partial charge >= 0.3 is 0 Å². The number of aromatic nitrogens is 2. The third-order valence-corrected chi connectivity index (χ3v) is 4.29. The number of nitrogens with zero attached hydrogens (tertiary/aromatic N) is 2. The first kappa shape index (κ1) is 19.1. The van der Waals surface area contributed by atoms with Gasteiger partial charge in [-0.2, -0.15) is 4.98 Å². The minimum atomic E-state index is -0.339. The topological polar surface area (TPSA) is 110 Å². The minimum Gasteiger partial charge on any atom is -0.461 e. The maximum atomic E-state index is 12.3. The van der Waals surface area contributed by atoms with E-state index in [1.165, 1.54) is 6.26 Å². The maximum absolute atomic E-state index is 12.3. The SMILES string of the molecule is O=C(CNC(=O)c1ccccc1)Nc1ccccc1Cc1nc(-c2ccco2)no1. The van der Waals surface area contributed by atoms with Crippen molar-refractivity contribution in [2.45, 2.75) is 6.42 Å². The second kappa shape index (κ2) is 8.87. The largest absolute Gasteiger partial charge is 0.461 e. The molecule has 2 heterocycles. The summed E-state index contributed by atoms with van der Waals surface area (Å²) in [5.74, 6) is 0.616. The number of rotatable bonds is 7. The van der Waals surface area contributed by atoms with Gasteiger partial charge in [0.25, 0.3) is 5.91 Å². The fourth-order valence-corrected chi connectivity index (χ4v) is 2.84. The Morgan fingerprint density at radius 3 is 2.53 bits per heavy atom. The monoisotopic (exact) mass is 402 g/mol. The van der Waals surface area contributed by atoms with Gasteiger partial charge in [-0.3, -0.25) is 9.59 Å². The number of nitrogens with one attached hydrogen (secondary N) is 2. The summed E-state index contributed by atoms with van der Waals surface area (Å²) in [6.07, 6.45) is 1.87. The zero-order valence-corrected chi connectivity index (χ0v) is 15.9. The number of para-hydroxylation sites is 1. The van der Waals surface area contributed by atoms with Crippen LogP contribution >= 0.6 is 0 Å². The van der Waals surface area contributed by atoms with Gasteiger partial charge in [-0.1, -0.05) is 41.6 Å². The molecule has 30 heavy (non-hydrogen) atoms. The standard InChI is InChI=1S/C22H18N4O4/c27-19(14-23-22(28)15-7-2-1-3-8-15)24-17-10-5-4-9-16(17)13-20-25-21(26-30-20)18-11-6-12-29-18/h1-12H,13-14H2,(H,23,28)(H,24,27). The van der Waals surface area contributed by atoms with Crippen molar-refractivity contribution in [2.24, 2.45) is 0 Å². The average Bonchev–Trinajstić information content (AvgIpc) is 3.46. The van der Waals surface area contributed by atoms with Crippen molar-refractivity contribution in [3.8, 4) is 11.6 Å². The summed E-state index contributed by atoms with van der Waals surface area (Å²) in [5, 5.41) is 9.32. The van der Waals surface area contributed by atoms with E-state index in [0.717, 1.165) is 5.56 Å². The van der Waals surface area contributed by atoms with Crippen LogP contribution in [0.1, 0.15) is 21.8 Å². The summed E-state index contributed by atoms with van der Waals surface area (Å²) in [4.78, 5) is 28.7. The van der Waals surface area contributed by atoms with Gasteiger partial charge in [0.05, 0.1) is 19.2 Å². The van der Waals surface area contributed by atoms with E-state index in [1.54, 1.807) is 42.5 Å². The van der Waals surface area contributed by atoms with Crippen molar-refractivity contribution in [3.05, 3.63) is 90.0 Å². The van der Waals surface area contributed by atoms with E-state index < -0.39 is 0 Å². The molecule has 0 aliphatic rings. The van der Waals surface area contributed by atoms with E-state index in [-0.39, 0.29) is 18.4 Å². The summed E-state index contributed by atoms with van der Waals surface area (Å²) in [5.41, 5.74) is 1.90. The quantitative estimate of drug-likeness (QED) is 0.491. The summed E-state index contributed by atoms with van der Waals surface area (Å²) >= 11 is 0. The number of carbonyl (C=O) groups is 2. The third kappa shape index (κ3) is 4.61. The van der Waals surface area contributed by atoms with Gasteiger partial charge in [-0.15, -0.1) is 0 Å². The zero-order valence-electron chi connectivity index (χ0n) is 15.9. The Kier molecular flexibility index (Phi) is 5.66. The van der Waals surface area contributed by atoms with E-state index in [9.17, 15) is 9.59 Å². The Hall–Kier alpha value is -4.20. The molecule has 150 valence electrons. The van der Waals surface area contributed by atoms with E-state index in [0.29, 0.717) is 35.1 Å². The summed E-state index contributed by atoms with van der Waals surface area (Å²) < 4.78 is 10.6. The molecule has 0 saturated heterocycles. The fourth-order valence-electron chi connectivity index (χ4n) is 2.84. The van der Waals surface area contributed by atoms with Gasteiger partial charge in [0.1, 0.15) is 0 Å². The predicted octanol–water partition coefficient (Wildman–Crippen LogP) is 3.29. The Bertz CT molecular complexity index is 1140. The Morgan fingerprint density at radius 2 is 1.73 bits per heavy atom. The lowest BCUT2D eigenvalue weighted by atomic mass is 10.1. The highest BCUT2D eigenvalue weighted by Gasteiger charge is 2.14. The summed E-state index contributed by atoms with van der Waals surface area (Å²) in [7, 11) is 0. The third-order valence-electron chi connectivity index (χ3n) is 4.29. The molecule has 4 rings (SSSR count). The molecule has 4 aromatic rings. The lowest BCUT2D eigenvalue weighted by Crippen LogP contribution is -2.33. The van der Waals surface area contributed by atoms with Crippen LogP contribution in [0.2, 0.25) is 0 Å². The van der Waals surface area contributed by atoms with Crippen molar-refractivity contribution in [3.63, 3.8) is 0 Å². The second-order valence-electron chi connectivity index (χ2n) is 6.42. The number of carbonyl (C=O) groups excluding carboxylic acids is 2. The van der Waals surface area contributed by atoms with Crippen molar-refractivity contribution < 1.29 is 18.5 Å². The molecular weight excluding hydrogens is 384 g/mol. The molecule has 0 atom stereocenters. The Labute approximate surface area is 171 Å². The van der Waals surface area contributed by atoms with Gasteiger partial charge in [0.15, 0.2) is 5.76 Å². The molecule has 0 bridgehead atoms. The lowest BCUT2D eigenvalue weighted by molar-refractivity contribution is -0.115. The van der Waals surface area contributed by atoms with Crippen LogP contribution in [0.15, 0.2) is 81.9 Å². The van der Waals surface area contributed by atoms with E-state index in [1.807, 2.05) is 24.3 Å². The normalized spacial score (nSPS) is 10.5. The minimum absolute atomic E-state index is 0.148. The number of hydrogen-bond donors (Lipinski definition) is 2. The van der Waals surface area contributed by atoms with Gasteiger partial charge in [0.2, 0.25) is 17.6 Å². The zero-order chi connectivity index (χ0) is 20.8. The predicted molar refractivity (Wildman–Crippen MR) is 109 cm³/mol. The van der Waals surface area contributed by atoms with Crippen molar-refractivity contribution in [1.29, 1.82) is 0 Å². The number of hydrogen-bond acceptors (Lipinski definition) is 6. The van der Waals surface area contributed by atoms with Crippen LogP contribution in [0.4, 0.5) is 5.69 Å². The van der Waals surface area contributed by atoms with Crippen LogP contribution in [-0.4, -0.2) is 28.5 Å². The molecule has 0 radical (unpaired) electrons. The highest BCUT2D eigenvalue weighted by Crippen LogP contribution is 2.21. The van der Waals surface area contributed by atoms with Crippen LogP contribution in [-0.2, 0) is 11.2 Å². The first-order valence-corrected chi connectivity index (χ1v) is 9.26. The first-order chi connectivity index (χ1) is 14.7. The molecule has 2 aromatic heterocycles. The molecule has 0 saturated carbocycles. The van der Waals surface area contributed by atoms with E-state index in [4.69, 9.17) is 8.94 Å². The van der Waals surface area contributed by atoms with Crippen molar-refractivity contribution in [1.82, 2.24) is 15.5 Å². The van der Waals surface area contributed by atoms with Gasteiger partial charge < -0.3 is 19.6 Å². The van der Waals surface area contributed by atoms with Gasteiger partial charge in [-0.25, -0.2) is 0 Å². The summed E-state index contributed by atoms with van der Waals surface area (Å²) in [6.45, 7) is -0.148. The Morgan fingerprint density at radius 1 is 0.933 bits per heavy atom. The first-order valence-electron chi connectivity index (χ1n) is 9.26. The molecule has 0 aliphatic heterocycles. The highest BCUT2D eigenvalue weighted by atomic mass is 16.5. The molecule has 0 unspecified atom stereocenters. The molecule has 0 fully saturated rings. The van der Waals surface area contributed by atoms with Crippen LogP contribution in [0, 0.1) is 0 Å². The molecule has 8 heteroatoms. The second-order valence-corrected chi connectivity index (χ2v) is 6.42. The molecular formula is C22H18N4O4. The molecule has 2 N–H and O–H groups in total. The van der Waals surface area contributed by atoms with Crippen LogP contribution < -0.4 is 10.6 Å². The average molecular weight is 402 g/mol. The maximum Gasteiger partial charge on any atom is 0.251 e. The number of benzene rings is 2. The lowest BCUT2D eigenvalue weighted by Gasteiger charge is -2.10. The van der Waals surface area contributed by atoms with Crippen LogP contribution in [0.5, 0.6) is 0 Å². The number of amides is 2. The van der Waals surface area contributed by atoms with Crippen molar-refractivity contribution in [2.75, 3.05) is 11.9 Å². The number of furan rings is 1. The molecule has 8 nitrogen and oxygen atoms in total. The van der Waals surface area contributed by atoms with Gasteiger partial charge in [0, 0.05) is 11.3 Å².